The van der Waals surface area contributed by atoms with E-state index in [2.05, 4.69) is 0 Å². The molecule has 1 amide bonds. The maximum atomic E-state index is 14.0. The Balaban J connectivity index is 1.79. The summed E-state index contributed by atoms with van der Waals surface area (Å²) in [6.45, 7) is 4.04. The second-order valence-electron chi connectivity index (χ2n) is 8.99. The maximum Gasteiger partial charge on any atom is 0.291 e. The van der Waals surface area contributed by atoms with Crippen molar-refractivity contribution in [2.45, 2.75) is 26.4 Å². The van der Waals surface area contributed by atoms with Gasteiger partial charge in [0.15, 0.2) is 16.9 Å². The van der Waals surface area contributed by atoms with E-state index in [1.54, 1.807) is 29.2 Å². The van der Waals surface area contributed by atoms with Crippen molar-refractivity contribution in [1.29, 1.82) is 0 Å². The van der Waals surface area contributed by atoms with Crippen molar-refractivity contribution in [2.75, 3.05) is 21.3 Å². The summed E-state index contributed by atoms with van der Waals surface area (Å²) in [5.41, 5.74) is 3.67. The van der Waals surface area contributed by atoms with Crippen LogP contribution in [0.3, 0.4) is 0 Å². The lowest BCUT2D eigenvalue weighted by Crippen LogP contribution is -2.29. The van der Waals surface area contributed by atoms with E-state index in [1.807, 2.05) is 38.1 Å². The molecule has 4 aromatic rings. The second kappa shape index (κ2) is 9.48. The van der Waals surface area contributed by atoms with Gasteiger partial charge < -0.3 is 23.5 Å². The Bertz CT molecular complexity index is 1580. The van der Waals surface area contributed by atoms with Crippen molar-refractivity contribution >= 4 is 28.5 Å². The SMILES string of the molecule is COc1cc(C2c3c(oc4cc(C)c(C)cc4c3=O)C(=O)N2Cc2ccccc2Cl)cc(OC)c1OC. The Morgan fingerprint density at radius 1 is 0.919 bits per heavy atom. The molecule has 0 spiro atoms. The third kappa shape index (κ3) is 4.00. The number of methoxy groups -OCH3 is 3. The smallest absolute Gasteiger partial charge is 0.291 e. The monoisotopic (exact) mass is 519 g/mol. The van der Waals surface area contributed by atoms with Gasteiger partial charge in [-0.3, -0.25) is 9.59 Å². The molecule has 0 saturated heterocycles. The number of nitrogens with zero attached hydrogens (tertiary/aromatic N) is 1. The van der Waals surface area contributed by atoms with Crippen molar-refractivity contribution in [3.8, 4) is 17.2 Å². The lowest BCUT2D eigenvalue weighted by atomic mass is 9.96. The summed E-state index contributed by atoms with van der Waals surface area (Å²) in [5, 5.41) is 0.942. The average Bonchev–Trinajstić information content (AvgIpc) is 3.17. The minimum atomic E-state index is -0.769. The minimum Gasteiger partial charge on any atom is -0.493 e. The zero-order chi connectivity index (χ0) is 26.4. The van der Waals surface area contributed by atoms with Crippen LogP contribution in [0.15, 0.2) is 57.7 Å². The molecule has 8 heteroatoms. The van der Waals surface area contributed by atoms with Crippen LogP contribution in [0.25, 0.3) is 11.0 Å². The van der Waals surface area contributed by atoms with Crippen molar-refractivity contribution in [1.82, 2.24) is 4.90 Å². The molecule has 0 fully saturated rings. The molecular weight excluding hydrogens is 494 g/mol. The van der Waals surface area contributed by atoms with Crippen LogP contribution >= 0.6 is 11.6 Å². The molecule has 0 radical (unpaired) electrons. The third-order valence-corrected chi connectivity index (χ3v) is 7.25. The number of hydrogen-bond donors (Lipinski definition) is 0. The Hall–Kier alpha value is -3.97. The molecule has 1 aromatic heterocycles. The molecule has 1 aliphatic rings. The lowest BCUT2D eigenvalue weighted by molar-refractivity contribution is 0.0714. The number of ether oxygens (including phenoxy) is 3. The summed E-state index contributed by atoms with van der Waals surface area (Å²) in [7, 11) is 4.55. The number of halogens is 1. The standard InChI is InChI=1S/C29H26ClNO6/c1-15-10-19-21(11-16(15)2)37-28-24(26(19)32)25(18-12-22(34-3)27(36-5)23(13-18)35-4)31(29(28)33)14-17-8-6-7-9-20(17)30/h6-13,25H,14H2,1-5H3. The lowest BCUT2D eigenvalue weighted by Gasteiger charge is -2.26. The van der Waals surface area contributed by atoms with Crippen molar-refractivity contribution < 1.29 is 23.4 Å². The molecule has 0 N–H and O–H groups in total. The molecule has 0 saturated carbocycles. The topological polar surface area (TPSA) is 78.2 Å². The first-order chi connectivity index (χ1) is 17.8. The number of hydrogen-bond acceptors (Lipinski definition) is 6. The predicted molar refractivity (Wildman–Crippen MR) is 141 cm³/mol. The van der Waals surface area contributed by atoms with E-state index in [-0.39, 0.29) is 23.3 Å². The van der Waals surface area contributed by atoms with Crippen LogP contribution in [-0.4, -0.2) is 32.1 Å². The van der Waals surface area contributed by atoms with E-state index in [1.165, 1.54) is 21.3 Å². The van der Waals surface area contributed by atoms with Crippen molar-refractivity contribution in [3.05, 3.63) is 97.4 Å². The van der Waals surface area contributed by atoms with Crippen LogP contribution in [0, 0.1) is 13.8 Å². The zero-order valence-electron chi connectivity index (χ0n) is 21.2. The molecule has 3 aromatic carbocycles. The van der Waals surface area contributed by atoms with Gasteiger partial charge >= 0.3 is 0 Å². The van der Waals surface area contributed by atoms with Crippen LogP contribution < -0.4 is 19.6 Å². The molecule has 1 unspecified atom stereocenters. The number of aryl methyl sites for hydroxylation is 2. The highest BCUT2D eigenvalue weighted by Crippen LogP contribution is 2.45. The summed E-state index contributed by atoms with van der Waals surface area (Å²) in [6, 6.07) is 13.6. The van der Waals surface area contributed by atoms with Gasteiger partial charge in [0, 0.05) is 11.6 Å². The molecule has 5 rings (SSSR count). The summed E-state index contributed by atoms with van der Waals surface area (Å²) in [6.07, 6.45) is 0. The van der Waals surface area contributed by atoms with E-state index < -0.39 is 11.9 Å². The molecular formula is C29H26ClNO6. The summed E-state index contributed by atoms with van der Waals surface area (Å²) < 4.78 is 22.7. The molecule has 0 bridgehead atoms. The quantitative estimate of drug-likeness (QED) is 0.319. The van der Waals surface area contributed by atoms with Gasteiger partial charge in [-0.25, -0.2) is 0 Å². The number of benzene rings is 3. The van der Waals surface area contributed by atoms with Gasteiger partial charge in [-0.05, 0) is 66.4 Å². The highest BCUT2D eigenvalue weighted by atomic mass is 35.5. The molecule has 37 heavy (non-hydrogen) atoms. The first-order valence-electron chi connectivity index (χ1n) is 11.7. The van der Waals surface area contributed by atoms with Gasteiger partial charge in [0.2, 0.25) is 11.5 Å². The third-order valence-electron chi connectivity index (χ3n) is 6.88. The summed E-state index contributed by atoms with van der Waals surface area (Å²) >= 11 is 6.46. The van der Waals surface area contributed by atoms with Gasteiger partial charge in [0.25, 0.3) is 5.91 Å². The number of amides is 1. The van der Waals surface area contributed by atoms with Gasteiger partial charge in [-0.2, -0.15) is 0 Å². The Morgan fingerprint density at radius 3 is 2.19 bits per heavy atom. The summed E-state index contributed by atoms with van der Waals surface area (Å²) in [4.78, 5) is 29.4. The van der Waals surface area contributed by atoms with Gasteiger partial charge in [0.1, 0.15) is 5.58 Å². The molecule has 1 atom stereocenters. The first-order valence-corrected chi connectivity index (χ1v) is 12.1. The highest BCUT2D eigenvalue weighted by Gasteiger charge is 2.43. The van der Waals surface area contributed by atoms with Gasteiger partial charge in [0.05, 0.1) is 38.3 Å². The van der Waals surface area contributed by atoms with Crippen LogP contribution in [0.2, 0.25) is 5.02 Å². The van der Waals surface area contributed by atoms with Crippen LogP contribution in [0.1, 0.15) is 44.4 Å². The predicted octanol–water partition coefficient (Wildman–Crippen LogP) is 5.83. The van der Waals surface area contributed by atoms with E-state index in [0.29, 0.717) is 38.8 Å². The van der Waals surface area contributed by atoms with Crippen molar-refractivity contribution in [3.63, 3.8) is 0 Å². The number of carbonyl (C=O) groups excluding carboxylic acids is 1. The molecule has 2 heterocycles. The number of rotatable bonds is 6. The minimum absolute atomic E-state index is 0.0200. The van der Waals surface area contributed by atoms with Crippen LogP contribution in [0.4, 0.5) is 0 Å². The number of carbonyl (C=O) groups is 1. The fourth-order valence-electron chi connectivity index (χ4n) is 4.85. The summed E-state index contributed by atoms with van der Waals surface area (Å²) in [5.74, 6) is 0.851. The van der Waals surface area contributed by atoms with Crippen LogP contribution in [0.5, 0.6) is 17.2 Å². The normalized spacial score (nSPS) is 14.7. The fraction of sp³-hybridized carbons (Fsp3) is 0.241. The first kappa shape index (κ1) is 24.7. The highest BCUT2D eigenvalue weighted by molar-refractivity contribution is 6.31. The van der Waals surface area contributed by atoms with E-state index in [4.69, 9.17) is 30.2 Å². The Labute approximate surface area is 219 Å². The van der Waals surface area contributed by atoms with Gasteiger partial charge in [-0.1, -0.05) is 29.8 Å². The average molecular weight is 520 g/mol. The Kier molecular flexibility index (Phi) is 6.33. The van der Waals surface area contributed by atoms with Crippen LogP contribution in [-0.2, 0) is 6.54 Å². The second-order valence-corrected chi connectivity index (χ2v) is 9.40. The van der Waals surface area contributed by atoms with Crippen molar-refractivity contribution in [2.24, 2.45) is 0 Å². The molecule has 0 aliphatic carbocycles. The zero-order valence-corrected chi connectivity index (χ0v) is 21.9. The Morgan fingerprint density at radius 2 is 1.57 bits per heavy atom. The molecule has 7 nitrogen and oxygen atoms in total. The number of fused-ring (bicyclic) bond motifs is 2. The molecule has 190 valence electrons. The van der Waals surface area contributed by atoms with Gasteiger partial charge in [-0.15, -0.1) is 0 Å². The van der Waals surface area contributed by atoms with E-state index >= 15 is 0 Å². The molecule has 1 aliphatic heterocycles. The fourth-order valence-corrected chi connectivity index (χ4v) is 5.05. The van der Waals surface area contributed by atoms with E-state index in [0.717, 1.165) is 16.7 Å². The maximum absolute atomic E-state index is 14.0. The largest absolute Gasteiger partial charge is 0.493 e. The van der Waals surface area contributed by atoms with E-state index in [9.17, 15) is 9.59 Å².